The molecule has 1 fully saturated rings. The van der Waals surface area contributed by atoms with Gasteiger partial charge in [0.1, 0.15) is 17.2 Å². The Balaban J connectivity index is 2.40. The van der Waals surface area contributed by atoms with E-state index >= 15 is 0 Å². The van der Waals surface area contributed by atoms with Gasteiger partial charge in [-0.15, -0.1) is 0 Å². The zero-order chi connectivity index (χ0) is 13.1. The molecule has 1 amide bonds. The second kappa shape index (κ2) is 5.05. The number of hydrogen-bond donors (Lipinski definition) is 2. The number of ether oxygens (including phenoxy) is 2. The van der Waals surface area contributed by atoms with Crippen molar-refractivity contribution in [2.45, 2.75) is 0 Å². The number of thiocarbonyl (C=S) groups is 1. The summed E-state index contributed by atoms with van der Waals surface area (Å²) in [6, 6.07) is 5.34. The molecule has 0 radical (unpaired) electrons. The summed E-state index contributed by atoms with van der Waals surface area (Å²) in [5, 5.41) is 5.57. The number of hydrogen-bond acceptors (Lipinski definition) is 4. The van der Waals surface area contributed by atoms with E-state index in [1.807, 2.05) is 0 Å². The molecule has 1 aliphatic heterocycles. The number of nitrogens with one attached hydrogen (secondary N) is 2. The molecular weight excluding hydrogens is 252 g/mol. The molecule has 2 N–H and O–H groups in total. The first-order chi connectivity index (χ1) is 8.63. The maximum Gasteiger partial charge on any atom is 0.273 e. The van der Waals surface area contributed by atoms with E-state index in [4.69, 9.17) is 21.7 Å². The molecule has 2 rings (SSSR count). The predicted octanol–water partition coefficient (Wildman–Crippen LogP) is 1.05. The quantitative estimate of drug-likeness (QED) is 0.631. The van der Waals surface area contributed by atoms with Gasteiger partial charge in [0.05, 0.1) is 14.2 Å². The van der Waals surface area contributed by atoms with E-state index in [2.05, 4.69) is 10.6 Å². The first-order valence-corrected chi connectivity index (χ1v) is 5.61. The maximum atomic E-state index is 11.5. The highest BCUT2D eigenvalue weighted by molar-refractivity contribution is 7.80. The summed E-state index contributed by atoms with van der Waals surface area (Å²) in [4.78, 5) is 11.5. The van der Waals surface area contributed by atoms with Crippen molar-refractivity contribution >= 4 is 29.3 Å². The van der Waals surface area contributed by atoms with Gasteiger partial charge in [-0.1, -0.05) is 0 Å². The number of amides is 1. The van der Waals surface area contributed by atoms with Crippen molar-refractivity contribution in [2.24, 2.45) is 0 Å². The minimum Gasteiger partial charge on any atom is -0.497 e. The van der Waals surface area contributed by atoms with Gasteiger partial charge in [0, 0.05) is 5.56 Å². The van der Waals surface area contributed by atoms with E-state index in [0.717, 1.165) is 5.56 Å². The van der Waals surface area contributed by atoms with Gasteiger partial charge in [-0.05, 0) is 36.5 Å². The summed E-state index contributed by atoms with van der Waals surface area (Å²) < 4.78 is 10.4. The molecule has 0 aliphatic carbocycles. The molecule has 5 nitrogen and oxygen atoms in total. The molecule has 0 atom stereocenters. The van der Waals surface area contributed by atoms with Gasteiger partial charge in [-0.25, -0.2) is 0 Å². The summed E-state index contributed by atoms with van der Waals surface area (Å²) in [5.41, 5.74) is 1.12. The van der Waals surface area contributed by atoms with Crippen LogP contribution in [0.5, 0.6) is 11.5 Å². The van der Waals surface area contributed by atoms with Crippen LogP contribution in [-0.2, 0) is 4.79 Å². The Morgan fingerprint density at radius 1 is 1.22 bits per heavy atom. The van der Waals surface area contributed by atoms with Crippen molar-refractivity contribution in [3.05, 3.63) is 29.5 Å². The lowest BCUT2D eigenvalue weighted by Gasteiger charge is -2.07. The van der Waals surface area contributed by atoms with E-state index in [1.54, 1.807) is 38.5 Å². The topological polar surface area (TPSA) is 59.6 Å². The normalized spacial score (nSPS) is 16.4. The van der Waals surface area contributed by atoms with Crippen molar-refractivity contribution in [1.82, 2.24) is 10.6 Å². The van der Waals surface area contributed by atoms with Gasteiger partial charge in [-0.2, -0.15) is 0 Å². The molecule has 0 bridgehead atoms. The smallest absolute Gasteiger partial charge is 0.273 e. The van der Waals surface area contributed by atoms with Crippen LogP contribution in [0.2, 0.25) is 0 Å². The molecule has 1 aromatic carbocycles. The summed E-state index contributed by atoms with van der Waals surface area (Å²) in [5.74, 6) is 1.07. The molecule has 0 unspecified atom stereocenters. The fraction of sp³-hybridized carbons (Fsp3) is 0.167. The van der Waals surface area contributed by atoms with E-state index in [-0.39, 0.29) is 5.91 Å². The van der Waals surface area contributed by atoms with Crippen molar-refractivity contribution < 1.29 is 14.3 Å². The lowest BCUT2D eigenvalue weighted by Crippen LogP contribution is -2.21. The van der Waals surface area contributed by atoms with Crippen molar-refractivity contribution in [3.63, 3.8) is 0 Å². The summed E-state index contributed by atoms with van der Waals surface area (Å²) >= 11 is 4.86. The summed E-state index contributed by atoms with van der Waals surface area (Å²) in [6.07, 6.45) is 1.66. The molecule has 1 saturated heterocycles. The van der Waals surface area contributed by atoms with E-state index in [9.17, 15) is 4.79 Å². The molecule has 1 aliphatic rings. The highest BCUT2D eigenvalue weighted by atomic mass is 32.1. The van der Waals surface area contributed by atoms with Gasteiger partial charge in [-0.3, -0.25) is 10.1 Å². The van der Waals surface area contributed by atoms with Gasteiger partial charge in [0.25, 0.3) is 5.91 Å². The van der Waals surface area contributed by atoms with Crippen molar-refractivity contribution in [1.29, 1.82) is 0 Å². The third-order valence-electron chi connectivity index (χ3n) is 2.46. The van der Waals surface area contributed by atoms with Crippen LogP contribution in [0.1, 0.15) is 5.56 Å². The monoisotopic (exact) mass is 264 g/mol. The predicted molar refractivity (Wildman–Crippen MR) is 71.4 cm³/mol. The van der Waals surface area contributed by atoms with Crippen LogP contribution in [0.3, 0.4) is 0 Å². The highest BCUT2D eigenvalue weighted by Gasteiger charge is 2.20. The zero-order valence-electron chi connectivity index (χ0n) is 9.94. The average Bonchev–Trinajstić information content (AvgIpc) is 2.67. The second-order valence-corrected chi connectivity index (χ2v) is 3.98. The Morgan fingerprint density at radius 3 is 2.56 bits per heavy atom. The molecule has 0 spiro atoms. The van der Waals surface area contributed by atoms with Gasteiger partial charge in [0.15, 0.2) is 5.11 Å². The number of benzene rings is 1. The van der Waals surface area contributed by atoms with Crippen LogP contribution in [0, 0.1) is 0 Å². The Hall–Kier alpha value is -2.08. The van der Waals surface area contributed by atoms with Crippen molar-refractivity contribution in [2.75, 3.05) is 14.2 Å². The third-order valence-corrected chi connectivity index (χ3v) is 2.66. The van der Waals surface area contributed by atoms with Crippen molar-refractivity contribution in [3.8, 4) is 11.5 Å². The minimum absolute atomic E-state index is 0.259. The molecular formula is C12H12N2O3S. The van der Waals surface area contributed by atoms with Crippen LogP contribution in [0.15, 0.2) is 23.9 Å². The first-order valence-electron chi connectivity index (χ1n) is 5.20. The van der Waals surface area contributed by atoms with Gasteiger partial charge < -0.3 is 14.8 Å². The second-order valence-electron chi connectivity index (χ2n) is 3.57. The van der Waals surface area contributed by atoms with Gasteiger partial charge >= 0.3 is 0 Å². The van der Waals surface area contributed by atoms with Crippen LogP contribution in [0.25, 0.3) is 6.08 Å². The number of carbonyl (C=O) groups is 1. The summed E-state index contributed by atoms with van der Waals surface area (Å²) in [7, 11) is 3.14. The molecule has 1 heterocycles. The number of methoxy groups -OCH3 is 2. The minimum atomic E-state index is -0.259. The molecule has 0 aromatic heterocycles. The fourth-order valence-corrected chi connectivity index (χ4v) is 1.79. The Bertz CT molecular complexity index is 540. The molecule has 18 heavy (non-hydrogen) atoms. The van der Waals surface area contributed by atoms with E-state index in [1.165, 1.54) is 0 Å². The standard InChI is InChI=1S/C12H12N2O3S/c1-16-8-3-4-10(17-2)7(5-8)6-9-11(15)14-12(18)13-9/h3-6H,1-2H3,(H2,13,14,15,18)/b9-6-. The lowest BCUT2D eigenvalue weighted by molar-refractivity contribution is -0.115. The van der Waals surface area contributed by atoms with E-state index < -0.39 is 0 Å². The van der Waals surface area contributed by atoms with E-state index in [0.29, 0.717) is 22.3 Å². The molecule has 94 valence electrons. The van der Waals surface area contributed by atoms with Crippen LogP contribution >= 0.6 is 12.2 Å². The molecule has 0 saturated carbocycles. The Labute approximate surface area is 110 Å². The fourth-order valence-electron chi connectivity index (χ4n) is 1.59. The SMILES string of the molecule is COc1ccc(OC)c(/C=C2\NC(=S)NC2=O)c1. The lowest BCUT2D eigenvalue weighted by atomic mass is 10.1. The van der Waals surface area contributed by atoms with Crippen LogP contribution < -0.4 is 20.1 Å². The Morgan fingerprint density at radius 2 is 2.00 bits per heavy atom. The Kier molecular flexibility index (Phi) is 3.47. The third kappa shape index (κ3) is 2.43. The van der Waals surface area contributed by atoms with Crippen LogP contribution in [0.4, 0.5) is 0 Å². The zero-order valence-corrected chi connectivity index (χ0v) is 10.8. The maximum absolute atomic E-state index is 11.5. The van der Waals surface area contributed by atoms with Crippen LogP contribution in [-0.4, -0.2) is 25.2 Å². The average molecular weight is 264 g/mol. The molecule has 1 aromatic rings. The number of rotatable bonds is 3. The highest BCUT2D eigenvalue weighted by Crippen LogP contribution is 2.26. The van der Waals surface area contributed by atoms with Gasteiger partial charge in [0.2, 0.25) is 0 Å². The largest absolute Gasteiger partial charge is 0.497 e. The summed E-state index contributed by atoms with van der Waals surface area (Å²) in [6.45, 7) is 0. The first kappa shape index (κ1) is 12.4. The molecule has 6 heteroatoms. The number of carbonyl (C=O) groups excluding carboxylic acids is 1.